The molecule has 1 aliphatic carbocycles. The van der Waals surface area contributed by atoms with E-state index in [-0.39, 0.29) is 23.7 Å². The summed E-state index contributed by atoms with van der Waals surface area (Å²) in [5, 5.41) is 2.91. The maximum atomic E-state index is 15.5. The van der Waals surface area contributed by atoms with Gasteiger partial charge in [0.1, 0.15) is 23.2 Å². The van der Waals surface area contributed by atoms with Gasteiger partial charge < -0.3 is 24.3 Å². The number of hydrogen-bond acceptors (Lipinski definition) is 6. The molecule has 4 aliphatic rings. The van der Waals surface area contributed by atoms with E-state index in [0.717, 1.165) is 80.1 Å². The number of rotatable bonds is 7. The Balaban J connectivity index is 1.16. The van der Waals surface area contributed by atoms with Gasteiger partial charge in [-0.05, 0) is 55.2 Å². The van der Waals surface area contributed by atoms with Crippen LogP contribution in [0, 0.1) is 11.7 Å². The number of benzene rings is 2. The highest BCUT2D eigenvalue weighted by atomic mass is 19.1. The molecule has 200 valence electrons. The lowest BCUT2D eigenvalue weighted by Crippen LogP contribution is -2.56. The maximum Gasteiger partial charge on any atom is 0.220 e. The molecule has 3 aliphatic heterocycles. The third-order valence-corrected chi connectivity index (χ3v) is 8.63. The van der Waals surface area contributed by atoms with E-state index in [1.54, 1.807) is 6.07 Å². The Hall–Kier alpha value is -3.17. The number of carbonyl (C=O) groups is 1. The average Bonchev–Trinajstić information content (AvgIpc) is 3.48. The molecule has 1 saturated carbocycles. The minimum Gasteiger partial charge on any atom is -0.488 e. The van der Waals surface area contributed by atoms with E-state index in [1.807, 2.05) is 37.5 Å². The van der Waals surface area contributed by atoms with Gasteiger partial charge in [-0.25, -0.2) is 9.37 Å². The predicted octanol–water partition coefficient (Wildman–Crippen LogP) is 3.60. The minimum absolute atomic E-state index is 0.0707. The van der Waals surface area contributed by atoms with E-state index in [0.29, 0.717) is 30.7 Å². The number of nitrogens with one attached hydrogen (secondary N) is 1. The molecule has 3 saturated heterocycles. The molecule has 1 N–H and O–H groups in total. The van der Waals surface area contributed by atoms with Gasteiger partial charge in [0.25, 0.3) is 0 Å². The Labute approximate surface area is 221 Å². The van der Waals surface area contributed by atoms with Crippen molar-refractivity contribution in [2.45, 2.75) is 44.4 Å². The van der Waals surface area contributed by atoms with Gasteiger partial charge in [-0.1, -0.05) is 6.07 Å². The Morgan fingerprint density at radius 3 is 2.55 bits per heavy atom. The zero-order valence-electron chi connectivity index (χ0n) is 21.7. The summed E-state index contributed by atoms with van der Waals surface area (Å²) in [6.45, 7) is 7.75. The average molecular weight is 520 g/mol. The van der Waals surface area contributed by atoms with Crippen LogP contribution in [0.4, 0.5) is 10.1 Å². The molecule has 38 heavy (non-hydrogen) atoms. The summed E-state index contributed by atoms with van der Waals surface area (Å²) in [5.74, 6) is 0.723. The van der Waals surface area contributed by atoms with Crippen LogP contribution in [-0.2, 0) is 9.53 Å². The van der Waals surface area contributed by atoms with Crippen molar-refractivity contribution in [3.8, 4) is 16.9 Å². The fourth-order valence-corrected chi connectivity index (χ4v) is 5.98. The number of imidazole rings is 1. The third kappa shape index (κ3) is 4.41. The van der Waals surface area contributed by atoms with Crippen molar-refractivity contribution in [1.82, 2.24) is 19.8 Å². The SMILES string of the molecule is CC(Oc1cc(-c2ccc(N3CCN(C4COC4)CC3)c(F)c2)cc2ncn(C3CC3)c12)C1CNC(=O)C1. The van der Waals surface area contributed by atoms with Gasteiger partial charge in [0.2, 0.25) is 5.91 Å². The fraction of sp³-hybridized carbons (Fsp3) is 0.517. The van der Waals surface area contributed by atoms with E-state index in [4.69, 9.17) is 14.5 Å². The molecular formula is C29H34FN5O3. The normalized spacial score (nSPS) is 23.5. The first-order valence-electron chi connectivity index (χ1n) is 13.8. The second kappa shape index (κ2) is 9.54. The van der Waals surface area contributed by atoms with Crippen molar-refractivity contribution in [2.24, 2.45) is 5.92 Å². The lowest BCUT2D eigenvalue weighted by atomic mass is 10.0. The predicted molar refractivity (Wildman–Crippen MR) is 143 cm³/mol. The first-order valence-corrected chi connectivity index (χ1v) is 13.8. The first kappa shape index (κ1) is 23.9. The number of aromatic nitrogens is 2. The van der Waals surface area contributed by atoms with Gasteiger partial charge >= 0.3 is 0 Å². The molecule has 2 unspecified atom stereocenters. The number of piperazine rings is 1. The number of ether oxygens (including phenoxy) is 2. The lowest BCUT2D eigenvalue weighted by Gasteiger charge is -2.43. The van der Waals surface area contributed by atoms with Crippen LogP contribution in [0.2, 0.25) is 0 Å². The Kier molecular flexibility index (Phi) is 6.00. The van der Waals surface area contributed by atoms with E-state index in [2.05, 4.69) is 19.7 Å². The van der Waals surface area contributed by atoms with Gasteiger partial charge in [-0.2, -0.15) is 0 Å². The second-order valence-electron chi connectivity index (χ2n) is 11.2. The molecule has 8 nitrogen and oxygen atoms in total. The first-order chi connectivity index (χ1) is 18.5. The summed E-state index contributed by atoms with van der Waals surface area (Å²) < 4.78 is 29.5. The van der Waals surface area contributed by atoms with Crippen LogP contribution in [0.15, 0.2) is 36.7 Å². The largest absolute Gasteiger partial charge is 0.488 e. The number of anilines is 1. The van der Waals surface area contributed by atoms with Crippen molar-refractivity contribution in [1.29, 1.82) is 0 Å². The highest BCUT2D eigenvalue weighted by Gasteiger charge is 2.32. The highest BCUT2D eigenvalue weighted by molar-refractivity contribution is 5.88. The van der Waals surface area contributed by atoms with E-state index >= 15 is 4.39 Å². The van der Waals surface area contributed by atoms with Crippen molar-refractivity contribution < 1.29 is 18.7 Å². The third-order valence-electron chi connectivity index (χ3n) is 8.63. The minimum atomic E-state index is -0.210. The summed E-state index contributed by atoms with van der Waals surface area (Å²) >= 11 is 0. The molecule has 0 radical (unpaired) electrons. The van der Waals surface area contributed by atoms with Crippen LogP contribution in [0.5, 0.6) is 5.75 Å². The zero-order valence-corrected chi connectivity index (χ0v) is 21.7. The zero-order chi connectivity index (χ0) is 25.8. The van der Waals surface area contributed by atoms with Gasteiger partial charge in [0, 0.05) is 51.1 Å². The fourth-order valence-electron chi connectivity index (χ4n) is 5.98. The molecule has 2 atom stereocenters. The maximum absolute atomic E-state index is 15.5. The number of nitrogens with zero attached hydrogens (tertiary/aromatic N) is 4. The molecular weight excluding hydrogens is 485 g/mol. The quantitative estimate of drug-likeness (QED) is 0.515. The molecule has 7 rings (SSSR count). The standard InChI is InChI=1S/C29H34FN5O3/c1-18(21-13-28(36)31-14-21)38-27-12-20(11-25-29(27)35(17-32-25)22-3-4-22)19-2-5-26(24(30)10-19)34-8-6-33(7-9-34)23-15-37-16-23/h2,5,10-12,17-18,21-23H,3-4,6-9,13-16H2,1H3,(H,31,36). The van der Waals surface area contributed by atoms with E-state index in [9.17, 15) is 4.79 Å². The summed E-state index contributed by atoms with van der Waals surface area (Å²) in [6.07, 6.45) is 4.50. The van der Waals surface area contributed by atoms with Gasteiger partial charge in [-0.15, -0.1) is 0 Å². The molecule has 3 aromatic rings. The summed E-state index contributed by atoms with van der Waals surface area (Å²) in [7, 11) is 0. The number of amides is 1. The van der Waals surface area contributed by atoms with E-state index < -0.39 is 0 Å². The van der Waals surface area contributed by atoms with Crippen molar-refractivity contribution in [3.63, 3.8) is 0 Å². The van der Waals surface area contributed by atoms with Crippen LogP contribution in [0.3, 0.4) is 0 Å². The summed E-state index contributed by atoms with van der Waals surface area (Å²) in [5.41, 5.74) is 4.15. The van der Waals surface area contributed by atoms with Crippen molar-refractivity contribution in [3.05, 3.63) is 42.5 Å². The highest BCUT2D eigenvalue weighted by Crippen LogP contribution is 2.42. The molecule has 0 spiro atoms. The van der Waals surface area contributed by atoms with Gasteiger partial charge in [0.05, 0.1) is 36.8 Å². The molecule has 4 heterocycles. The van der Waals surface area contributed by atoms with Crippen LogP contribution < -0.4 is 15.0 Å². The number of carbonyl (C=O) groups excluding carboxylic acids is 1. The molecule has 4 fully saturated rings. The summed E-state index contributed by atoms with van der Waals surface area (Å²) in [4.78, 5) is 21.1. The number of hydrogen-bond donors (Lipinski definition) is 1. The summed E-state index contributed by atoms with van der Waals surface area (Å²) in [6, 6.07) is 10.5. The van der Waals surface area contributed by atoms with Crippen LogP contribution in [0.25, 0.3) is 22.2 Å². The monoisotopic (exact) mass is 519 g/mol. The molecule has 2 aromatic carbocycles. The molecule has 1 aromatic heterocycles. The van der Waals surface area contributed by atoms with E-state index in [1.165, 1.54) is 0 Å². The van der Waals surface area contributed by atoms with Crippen LogP contribution in [0.1, 0.15) is 32.2 Å². The van der Waals surface area contributed by atoms with Crippen LogP contribution in [-0.4, -0.2) is 78.4 Å². The topological polar surface area (TPSA) is 71.9 Å². The second-order valence-corrected chi connectivity index (χ2v) is 11.2. The van der Waals surface area contributed by atoms with Crippen LogP contribution >= 0.6 is 0 Å². The molecule has 0 bridgehead atoms. The van der Waals surface area contributed by atoms with Crippen molar-refractivity contribution >= 4 is 22.6 Å². The van der Waals surface area contributed by atoms with Gasteiger partial charge in [0.15, 0.2) is 0 Å². The smallest absolute Gasteiger partial charge is 0.220 e. The Morgan fingerprint density at radius 1 is 1.08 bits per heavy atom. The molecule has 1 amide bonds. The Bertz CT molecular complexity index is 1360. The number of fused-ring (bicyclic) bond motifs is 1. The lowest BCUT2D eigenvalue weighted by molar-refractivity contribution is -0.119. The molecule has 9 heteroatoms. The van der Waals surface area contributed by atoms with Crippen molar-refractivity contribution in [2.75, 3.05) is 50.8 Å². The number of halogens is 1. The van der Waals surface area contributed by atoms with Gasteiger partial charge in [-0.3, -0.25) is 9.69 Å². The Morgan fingerprint density at radius 2 is 1.89 bits per heavy atom.